The molecule has 0 aliphatic carbocycles. The van der Waals surface area contributed by atoms with E-state index in [1.165, 1.54) is 6.07 Å². The van der Waals surface area contributed by atoms with Crippen molar-refractivity contribution in [2.45, 2.75) is 46.8 Å². The van der Waals surface area contributed by atoms with Crippen LogP contribution >= 0.6 is 0 Å². The summed E-state index contributed by atoms with van der Waals surface area (Å²) in [4.78, 5) is 23.4. The number of halogens is 1. The molecule has 1 atom stereocenters. The van der Waals surface area contributed by atoms with Crippen LogP contribution in [0.1, 0.15) is 38.3 Å². The van der Waals surface area contributed by atoms with Gasteiger partial charge in [-0.15, -0.1) is 0 Å². The summed E-state index contributed by atoms with van der Waals surface area (Å²) in [5.74, 6) is -0.847. The van der Waals surface area contributed by atoms with E-state index in [0.29, 0.717) is 23.7 Å². The maximum absolute atomic E-state index is 13.4. The summed E-state index contributed by atoms with van der Waals surface area (Å²) in [6, 6.07) is 4.74. The van der Waals surface area contributed by atoms with Crippen molar-refractivity contribution < 1.29 is 23.5 Å². The molecule has 1 rings (SSSR count). The smallest absolute Gasteiger partial charge is 0.335 e. The van der Waals surface area contributed by atoms with Gasteiger partial charge in [0, 0.05) is 13.2 Å². The molecule has 134 valence electrons. The Hall–Kier alpha value is -1.95. The zero-order valence-electron chi connectivity index (χ0n) is 14.7. The van der Waals surface area contributed by atoms with Gasteiger partial charge in [-0.2, -0.15) is 0 Å². The zero-order chi connectivity index (χ0) is 18.1. The molecule has 0 aliphatic rings. The number of hydrogen-bond donors (Lipinski definition) is 1. The third-order valence-electron chi connectivity index (χ3n) is 3.47. The van der Waals surface area contributed by atoms with Crippen LogP contribution in [0.15, 0.2) is 18.2 Å². The summed E-state index contributed by atoms with van der Waals surface area (Å²) in [7, 11) is 0. The van der Waals surface area contributed by atoms with Crippen LogP contribution in [-0.4, -0.2) is 31.2 Å². The first-order valence-electron chi connectivity index (χ1n) is 8.09. The van der Waals surface area contributed by atoms with E-state index in [9.17, 15) is 14.0 Å². The molecule has 0 saturated heterocycles. The van der Waals surface area contributed by atoms with Crippen molar-refractivity contribution in [2.24, 2.45) is 5.92 Å². The van der Waals surface area contributed by atoms with Crippen molar-refractivity contribution in [3.63, 3.8) is 0 Å². The third kappa shape index (κ3) is 7.55. The lowest BCUT2D eigenvalue weighted by molar-refractivity contribution is -0.159. The number of carbonyl (C=O) groups is 2. The highest BCUT2D eigenvalue weighted by atomic mass is 19.1. The van der Waals surface area contributed by atoms with Crippen LogP contribution in [0, 0.1) is 18.7 Å². The molecule has 0 radical (unpaired) electrons. The number of aryl methyl sites for hydroxylation is 1. The Bertz CT molecular complexity index is 560. The monoisotopic (exact) mass is 339 g/mol. The molecular weight excluding hydrogens is 313 g/mol. The predicted molar refractivity (Wildman–Crippen MR) is 88.8 cm³/mol. The summed E-state index contributed by atoms with van der Waals surface area (Å²) in [5, 5.41) is 2.57. The SMILES string of the molecule is Cc1ccc(CNC(=O)COC(=O)C(C)OCCC(C)C)cc1F. The van der Waals surface area contributed by atoms with E-state index in [2.05, 4.69) is 19.2 Å². The Morgan fingerprint density at radius 1 is 1.25 bits per heavy atom. The van der Waals surface area contributed by atoms with Gasteiger partial charge in [0.1, 0.15) is 5.82 Å². The summed E-state index contributed by atoms with van der Waals surface area (Å²) >= 11 is 0. The normalized spacial score (nSPS) is 12.1. The largest absolute Gasteiger partial charge is 0.454 e. The van der Waals surface area contributed by atoms with Gasteiger partial charge >= 0.3 is 5.97 Å². The molecule has 1 amide bonds. The Morgan fingerprint density at radius 2 is 1.96 bits per heavy atom. The summed E-state index contributed by atoms with van der Waals surface area (Å²) in [6.07, 6.45) is 0.147. The molecule has 1 N–H and O–H groups in total. The molecule has 0 aliphatic heterocycles. The molecular formula is C18H26FNO4. The van der Waals surface area contributed by atoms with Crippen molar-refractivity contribution in [1.82, 2.24) is 5.32 Å². The van der Waals surface area contributed by atoms with Crippen molar-refractivity contribution in [3.8, 4) is 0 Å². The van der Waals surface area contributed by atoms with Crippen molar-refractivity contribution in [2.75, 3.05) is 13.2 Å². The summed E-state index contributed by atoms with van der Waals surface area (Å²) < 4.78 is 23.7. The molecule has 0 heterocycles. The number of nitrogens with one attached hydrogen (secondary N) is 1. The van der Waals surface area contributed by atoms with Gasteiger partial charge in [-0.25, -0.2) is 9.18 Å². The minimum atomic E-state index is -0.706. The van der Waals surface area contributed by atoms with Gasteiger partial charge in [0.15, 0.2) is 12.7 Å². The van der Waals surface area contributed by atoms with E-state index in [1.54, 1.807) is 26.0 Å². The van der Waals surface area contributed by atoms with Crippen LogP contribution in [0.4, 0.5) is 4.39 Å². The quantitative estimate of drug-likeness (QED) is 0.703. The average molecular weight is 339 g/mol. The zero-order valence-corrected chi connectivity index (χ0v) is 14.7. The van der Waals surface area contributed by atoms with E-state index >= 15 is 0 Å². The molecule has 0 saturated carbocycles. The van der Waals surface area contributed by atoms with Crippen LogP contribution in [0.2, 0.25) is 0 Å². The molecule has 5 nitrogen and oxygen atoms in total. The number of benzene rings is 1. The van der Waals surface area contributed by atoms with Gasteiger partial charge < -0.3 is 14.8 Å². The molecule has 1 aromatic carbocycles. The number of carbonyl (C=O) groups excluding carboxylic acids is 2. The number of ether oxygens (including phenoxy) is 2. The molecule has 0 fully saturated rings. The minimum Gasteiger partial charge on any atom is -0.454 e. The first-order valence-corrected chi connectivity index (χ1v) is 8.09. The van der Waals surface area contributed by atoms with E-state index in [4.69, 9.17) is 9.47 Å². The predicted octanol–water partition coefficient (Wildman–Crippen LogP) is 2.74. The van der Waals surface area contributed by atoms with Gasteiger partial charge in [0.05, 0.1) is 0 Å². The highest BCUT2D eigenvalue weighted by Gasteiger charge is 2.16. The second kappa shape index (κ2) is 10.0. The lowest BCUT2D eigenvalue weighted by Crippen LogP contribution is -2.31. The van der Waals surface area contributed by atoms with Crippen molar-refractivity contribution in [3.05, 3.63) is 35.1 Å². The van der Waals surface area contributed by atoms with Crippen LogP contribution in [0.25, 0.3) is 0 Å². The first kappa shape index (κ1) is 20.1. The average Bonchev–Trinajstić information content (AvgIpc) is 2.53. The van der Waals surface area contributed by atoms with Crippen molar-refractivity contribution in [1.29, 1.82) is 0 Å². The lowest BCUT2D eigenvalue weighted by Gasteiger charge is -2.13. The van der Waals surface area contributed by atoms with Crippen LogP contribution in [-0.2, 0) is 25.6 Å². The standard InChI is InChI=1S/C18H26FNO4/c1-12(2)7-8-23-14(4)18(22)24-11-17(21)20-10-15-6-5-13(3)16(19)9-15/h5-6,9,12,14H,7-8,10-11H2,1-4H3,(H,20,21). The van der Waals surface area contributed by atoms with E-state index in [-0.39, 0.29) is 19.0 Å². The summed E-state index contributed by atoms with van der Waals surface area (Å²) in [5.41, 5.74) is 1.19. The molecule has 1 unspecified atom stereocenters. The first-order chi connectivity index (χ1) is 11.3. The molecule has 0 spiro atoms. The topological polar surface area (TPSA) is 64.6 Å². The van der Waals surface area contributed by atoms with Gasteiger partial charge in [0.2, 0.25) is 0 Å². The van der Waals surface area contributed by atoms with Crippen LogP contribution in [0.5, 0.6) is 0 Å². The van der Waals surface area contributed by atoms with Crippen LogP contribution in [0.3, 0.4) is 0 Å². The van der Waals surface area contributed by atoms with Crippen molar-refractivity contribution >= 4 is 11.9 Å². The maximum Gasteiger partial charge on any atom is 0.335 e. The Morgan fingerprint density at radius 3 is 2.58 bits per heavy atom. The fourth-order valence-corrected chi connectivity index (χ4v) is 1.80. The van der Waals surface area contributed by atoms with Gasteiger partial charge in [-0.1, -0.05) is 26.0 Å². The second-order valence-electron chi connectivity index (χ2n) is 6.16. The molecule has 6 heteroatoms. The van der Waals surface area contributed by atoms with Crippen LogP contribution < -0.4 is 5.32 Å². The maximum atomic E-state index is 13.4. The minimum absolute atomic E-state index is 0.175. The molecule has 1 aromatic rings. The highest BCUT2D eigenvalue weighted by molar-refractivity contribution is 5.81. The number of rotatable bonds is 9. The molecule has 24 heavy (non-hydrogen) atoms. The lowest BCUT2D eigenvalue weighted by atomic mass is 10.1. The van der Waals surface area contributed by atoms with Gasteiger partial charge in [0.25, 0.3) is 5.91 Å². The molecule has 0 bridgehead atoms. The Labute approximate surface area is 142 Å². The fourth-order valence-electron chi connectivity index (χ4n) is 1.80. The Kier molecular flexibility index (Phi) is 8.40. The van der Waals surface area contributed by atoms with E-state index in [1.807, 2.05) is 0 Å². The van der Waals surface area contributed by atoms with Gasteiger partial charge in [-0.3, -0.25) is 4.79 Å². The molecule has 0 aromatic heterocycles. The van der Waals surface area contributed by atoms with Gasteiger partial charge in [-0.05, 0) is 43.4 Å². The van der Waals surface area contributed by atoms with E-state index in [0.717, 1.165) is 6.42 Å². The summed E-state index contributed by atoms with van der Waals surface area (Å²) in [6.45, 7) is 7.66. The highest BCUT2D eigenvalue weighted by Crippen LogP contribution is 2.08. The second-order valence-corrected chi connectivity index (χ2v) is 6.16. The number of esters is 1. The number of hydrogen-bond acceptors (Lipinski definition) is 4. The van der Waals surface area contributed by atoms with E-state index < -0.39 is 18.0 Å². The fraction of sp³-hybridized carbons (Fsp3) is 0.556. The Balaban J connectivity index is 2.27. The number of amides is 1. The third-order valence-corrected chi connectivity index (χ3v) is 3.47.